The van der Waals surface area contributed by atoms with E-state index in [1.165, 1.54) is 9.18 Å². The Morgan fingerprint density at radius 1 is 0.931 bits per heavy atom. The molecule has 0 saturated carbocycles. The van der Waals surface area contributed by atoms with E-state index in [1.807, 2.05) is 41.8 Å². The van der Waals surface area contributed by atoms with Gasteiger partial charge < -0.3 is 4.90 Å². The van der Waals surface area contributed by atoms with Crippen molar-refractivity contribution >= 4 is 38.0 Å². The Labute approximate surface area is 175 Å². The molecule has 0 unspecified atom stereocenters. The van der Waals surface area contributed by atoms with Gasteiger partial charge in [0.25, 0.3) is 0 Å². The van der Waals surface area contributed by atoms with Crippen molar-refractivity contribution in [3.05, 3.63) is 64.9 Å². The molecule has 0 atom stereocenters. The first-order valence-electron chi connectivity index (χ1n) is 9.83. The summed E-state index contributed by atoms with van der Waals surface area (Å²) in [6.07, 6.45) is 2.25. The summed E-state index contributed by atoms with van der Waals surface area (Å²) < 4.78 is 27.6. The summed E-state index contributed by atoms with van der Waals surface area (Å²) in [5.74, 6) is 0.115. The van der Waals surface area contributed by atoms with Gasteiger partial charge in [-0.15, -0.1) is 11.3 Å². The molecule has 1 fully saturated rings. The van der Waals surface area contributed by atoms with Crippen LogP contribution < -0.4 is 0 Å². The average Bonchev–Trinajstić information content (AvgIpc) is 3.27. The summed E-state index contributed by atoms with van der Waals surface area (Å²) in [5, 5.41) is 3.98. The van der Waals surface area contributed by atoms with E-state index in [0.29, 0.717) is 37.5 Å². The van der Waals surface area contributed by atoms with Gasteiger partial charge in [-0.25, -0.2) is 8.42 Å². The van der Waals surface area contributed by atoms with Crippen molar-refractivity contribution in [2.24, 2.45) is 0 Å². The monoisotopic (exact) mass is 428 g/mol. The van der Waals surface area contributed by atoms with Crippen molar-refractivity contribution < 1.29 is 13.2 Å². The van der Waals surface area contributed by atoms with E-state index in [4.69, 9.17) is 0 Å². The molecule has 152 valence electrons. The Morgan fingerprint density at radius 3 is 2.41 bits per heavy atom. The van der Waals surface area contributed by atoms with Crippen LogP contribution in [-0.4, -0.2) is 49.7 Å². The number of rotatable bonds is 6. The molecule has 4 rings (SSSR count). The SMILES string of the molecule is O=C(CCCc1cccs1)N1CCN(S(=O)(=O)c2ccc3ccccc3c2)CC1. The number of amides is 1. The Kier molecular flexibility index (Phi) is 5.99. The number of benzene rings is 2. The maximum absolute atomic E-state index is 13.0. The van der Waals surface area contributed by atoms with Crippen molar-refractivity contribution in [2.45, 2.75) is 24.2 Å². The van der Waals surface area contributed by atoms with E-state index in [-0.39, 0.29) is 5.91 Å². The third kappa shape index (κ3) is 4.52. The Morgan fingerprint density at radius 2 is 1.69 bits per heavy atom. The van der Waals surface area contributed by atoms with Crippen LogP contribution in [0.1, 0.15) is 17.7 Å². The lowest BCUT2D eigenvalue weighted by Gasteiger charge is -2.34. The average molecular weight is 429 g/mol. The highest BCUT2D eigenvalue weighted by atomic mass is 32.2. The molecule has 1 aliphatic rings. The summed E-state index contributed by atoms with van der Waals surface area (Å²) in [4.78, 5) is 15.9. The zero-order valence-corrected chi connectivity index (χ0v) is 17.8. The van der Waals surface area contributed by atoms with E-state index in [2.05, 4.69) is 6.07 Å². The standard InChI is InChI=1S/C22H24N2O3S2/c25-22(9-3-7-20-8-4-16-28-20)23-12-14-24(15-13-23)29(26,27)21-11-10-18-5-1-2-6-19(18)17-21/h1-2,4-6,8,10-11,16-17H,3,7,9,12-15H2. The molecule has 1 aromatic heterocycles. The summed E-state index contributed by atoms with van der Waals surface area (Å²) >= 11 is 1.71. The first-order valence-corrected chi connectivity index (χ1v) is 12.2. The minimum atomic E-state index is -3.55. The molecular formula is C22H24N2O3S2. The summed E-state index contributed by atoms with van der Waals surface area (Å²) in [7, 11) is -3.55. The van der Waals surface area contributed by atoms with Crippen molar-refractivity contribution in [3.63, 3.8) is 0 Å². The van der Waals surface area contributed by atoms with Gasteiger partial charge in [-0.3, -0.25) is 4.79 Å². The summed E-state index contributed by atoms with van der Waals surface area (Å²) in [6.45, 7) is 1.58. The van der Waals surface area contributed by atoms with Crippen molar-refractivity contribution in [1.82, 2.24) is 9.21 Å². The second-order valence-electron chi connectivity index (χ2n) is 7.23. The number of fused-ring (bicyclic) bond motifs is 1. The molecule has 0 N–H and O–H groups in total. The van der Waals surface area contributed by atoms with Crippen LogP contribution in [-0.2, 0) is 21.2 Å². The highest BCUT2D eigenvalue weighted by Gasteiger charge is 2.30. The molecular weight excluding hydrogens is 404 g/mol. The predicted octanol–water partition coefficient (Wildman–Crippen LogP) is 3.76. The van der Waals surface area contributed by atoms with E-state index >= 15 is 0 Å². The largest absolute Gasteiger partial charge is 0.340 e. The van der Waals surface area contributed by atoms with Crippen molar-refractivity contribution in [1.29, 1.82) is 0 Å². The normalized spacial score (nSPS) is 15.7. The number of piperazine rings is 1. The minimum Gasteiger partial charge on any atom is -0.340 e. The Hall–Kier alpha value is -2.22. The van der Waals surface area contributed by atoms with Crippen LogP contribution in [0, 0.1) is 0 Å². The van der Waals surface area contributed by atoms with E-state index in [0.717, 1.165) is 23.6 Å². The lowest BCUT2D eigenvalue weighted by atomic mass is 10.1. The molecule has 1 saturated heterocycles. The van der Waals surface area contributed by atoms with Gasteiger partial charge in [0, 0.05) is 37.5 Å². The van der Waals surface area contributed by atoms with Crippen LogP contribution >= 0.6 is 11.3 Å². The van der Waals surface area contributed by atoms with Gasteiger partial charge in [0.1, 0.15) is 0 Å². The molecule has 0 spiro atoms. The highest BCUT2D eigenvalue weighted by molar-refractivity contribution is 7.89. The van der Waals surface area contributed by atoms with Crippen molar-refractivity contribution in [3.8, 4) is 0 Å². The molecule has 1 aliphatic heterocycles. The van der Waals surface area contributed by atoms with Gasteiger partial charge in [-0.2, -0.15) is 4.31 Å². The quantitative estimate of drug-likeness (QED) is 0.601. The number of thiophene rings is 1. The van der Waals surface area contributed by atoms with Gasteiger partial charge in [-0.05, 0) is 47.2 Å². The fourth-order valence-electron chi connectivity index (χ4n) is 3.68. The molecule has 0 bridgehead atoms. The van der Waals surface area contributed by atoms with E-state index in [1.54, 1.807) is 28.4 Å². The number of sulfonamides is 1. The van der Waals surface area contributed by atoms with Gasteiger partial charge in [-0.1, -0.05) is 36.4 Å². The van der Waals surface area contributed by atoms with Crippen LogP contribution in [0.25, 0.3) is 10.8 Å². The topological polar surface area (TPSA) is 57.7 Å². The maximum Gasteiger partial charge on any atom is 0.243 e. The summed E-state index contributed by atoms with van der Waals surface area (Å²) in [6, 6.07) is 17.1. The van der Waals surface area contributed by atoms with Gasteiger partial charge in [0.05, 0.1) is 4.90 Å². The van der Waals surface area contributed by atoms with Gasteiger partial charge in [0.2, 0.25) is 15.9 Å². The van der Waals surface area contributed by atoms with E-state index < -0.39 is 10.0 Å². The number of aryl methyl sites for hydroxylation is 1. The summed E-state index contributed by atoms with van der Waals surface area (Å²) in [5.41, 5.74) is 0. The molecule has 7 heteroatoms. The zero-order chi connectivity index (χ0) is 20.3. The molecule has 3 aromatic rings. The number of nitrogens with zero attached hydrogens (tertiary/aromatic N) is 2. The maximum atomic E-state index is 13.0. The number of carbonyl (C=O) groups is 1. The molecule has 1 amide bonds. The smallest absolute Gasteiger partial charge is 0.243 e. The first-order chi connectivity index (χ1) is 14.0. The number of hydrogen-bond donors (Lipinski definition) is 0. The van der Waals surface area contributed by atoms with Crippen molar-refractivity contribution in [2.75, 3.05) is 26.2 Å². The predicted molar refractivity (Wildman–Crippen MR) is 117 cm³/mol. The first kappa shape index (κ1) is 20.1. The molecule has 0 aliphatic carbocycles. The molecule has 5 nitrogen and oxygen atoms in total. The van der Waals surface area contributed by atoms with Crippen LogP contribution in [0.3, 0.4) is 0 Å². The fourth-order valence-corrected chi connectivity index (χ4v) is 5.89. The number of hydrogen-bond acceptors (Lipinski definition) is 4. The van der Waals surface area contributed by atoms with Crippen LogP contribution in [0.2, 0.25) is 0 Å². The van der Waals surface area contributed by atoms with Crippen LogP contribution in [0.5, 0.6) is 0 Å². The lowest BCUT2D eigenvalue weighted by molar-refractivity contribution is -0.132. The zero-order valence-electron chi connectivity index (χ0n) is 16.2. The highest BCUT2D eigenvalue weighted by Crippen LogP contribution is 2.23. The molecule has 29 heavy (non-hydrogen) atoms. The lowest BCUT2D eigenvalue weighted by Crippen LogP contribution is -2.50. The Bertz CT molecular complexity index is 1090. The van der Waals surface area contributed by atoms with Crippen LogP contribution in [0.4, 0.5) is 0 Å². The number of carbonyl (C=O) groups excluding carboxylic acids is 1. The third-order valence-electron chi connectivity index (χ3n) is 5.34. The van der Waals surface area contributed by atoms with Crippen LogP contribution in [0.15, 0.2) is 64.9 Å². The Balaban J connectivity index is 1.34. The van der Waals surface area contributed by atoms with Gasteiger partial charge in [0.15, 0.2) is 0 Å². The fraction of sp³-hybridized carbons (Fsp3) is 0.318. The molecule has 2 aromatic carbocycles. The third-order valence-corrected chi connectivity index (χ3v) is 8.17. The molecule has 0 radical (unpaired) electrons. The second-order valence-corrected chi connectivity index (χ2v) is 10.2. The minimum absolute atomic E-state index is 0.115. The van der Waals surface area contributed by atoms with Gasteiger partial charge >= 0.3 is 0 Å². The second kappa shape index (κ2) is 8.65. The van der Waals surface area contributed by atoms with E-state index in [9.17, 15) is 13.2 Å². The molecule has 2 heterocycles.